The van der Waals surface area contributed by atoms with Crippen molar-refractivity contribution < 1.29 is 18.2 Å². The average molecular weight is 402 g/mol. The smallest absolute Gasteiger partial charge is 0.294 e. The molecule has 0 heterocycles. The second-order valence-corrected chi connectivity index (χ2v) is 6.06. The summed E-state index contributed by atoms with van der Waals surface area (Å²) in [4.78, 5) is 24.7. The molecule has 0 aromatic heterocycles. The number of Topliss-reactive ketones (excluding diaryl/α,β-unsaturated/α-hetero) is 2. The van der Waals surface area contributed by atoms with E-state index in [0.717, 1.165) is 15.2 Å². The normalized spacial score (nSPS) is 9.88. The zero-order chi connectivity index (χ0) is 18.2. The van der Waals surface area contributed by atoms with E-state index in [9.17, 15) is 18.2 Å². The molecule has 1 radical (unpaired) electrons. The van der Waals surface area contributed by atoms with E-state index in [1.807, 2.05) is 36.4 Å². The molecule has 0 aliphatic heterocycles. The third-order valence-corrected chi connectivity index (χ3v) is 4.05. The molecule has 0 aliphatic rings. The van der Waals surface area contributed by atoms with Crippen LogP contribution in [0.1, 0.15) is 27.1 Å². The van der Waals surface area contributed by atoms with Gasteiger partial charge in [-0.2, -0.15) is 0 Å². The number of ketones is 2. The van der Waals surface area contributed by atoms with Gasteiger partial charge in [0.15, 0.2) is 11.6 Å². The number of fused-ring (bicyclic) bond motifs is 1. The molecule has 0 saturated carbocycles. The Morgan fingerprint density at radius 1 is 0.880 bits per heavy atom. The van der Waals surface area contributed by atoms with Crippen molar-refractivity contribution in [2.75, 3.05) is 0 Å². The average Bonchev–Trinajstić information content (AvgIpc) is 2.62. The summed E-state index contributed by atoms with van der Waals surface area (Å²) in [6, 6.07) is 20.2. The quantitative estimate of drug-likeness (QED) is 0.327. The van der Waals surface area contributed by atoms with E-state index in [-0.39, 0.29) is 18.0 Å². The lowest BCUT2D eigenvalue weighted by Gasteiger charge is -2.06. The van der Waals surface area contributed by atoms with E-state index in [1.165, 1.54) is 0 Å². The van der Waals surface area contributed by atoms with E-state index < -0.39 is 7.83 Å². The molecule has 3 aromatic carbocycles. The Labute approximate surface area is 153 Å². The molecule has 25 heavy (non-hydrogen) atoms. The summed E-state index contributed by atoms with van der Waals surface area (Å²) in [6.45, 7) is 0. The van der Waals surface area contributed by atoms with Crippen LogP contribution in [-0.4, -0.2) is 19.4 Å². The maximum Gasteiger partial charge on any atom is 0.577 e. The summed E-state index contributed by atoms with van der Waals surface area (Å²) in [7, 11) is -1.00. The number of hydrogen-bond acceptors (Lipinski definition) is 2. The van der Waals surface area contributed by atoms with Gasteiger partial charge in [-0.05, 0) is 22.9 Å². The number of rotatable bonds is 4. The number of hydrogen-bond donors (Lipinski definition) is 0. The number of benzene rings is 3. The Morgan fingerprint density at radius 2 is 1.56 bits per heavy atom. The molecule has 0 N–H and O–H groups in total. The van der Waals surface area contributed by atoms with E-state index in [4.69, 9.17) is 0 Å². The summed E-state index contributed by atoms with van der Waals surface area (Å²) in [5.74, 6) is -0.304. The van der Waals surface area contributed by atoms with Crippen molar-refractivity contribution in [2.45, 2.75) is 6.42 Å². The van der Waals surface area contributed by atoms with Crippen LogP contribution in [0.15, 0.2) is 71.2 Å². The molecule has 0 bridgehead atoms. The fourth-order valence-corrected chi connectivity index (χ4v) is 2.84. The van der Waals surface area contributed by atoms with Gasteiger partial charge in [0.1, 0.15) is 0 Å². The molecule has 0 fully saturated rings. The Bertz CT molecular complexity index is 885. The van der Waals surface area contributed by atoms with Crippen LogP contribution in [0.5, 0.6) is 0 Å². The summed E-state index contributed by atoms with van der Waals surface area (Å²) in [6.07, 6.45) is -0.112. The van der Waals surface area contributed by atoms with Crippen molar-refractivity contribution in [3.8, 4) is 0 Å². The second-order valence-electron chi connectivity index (χ2n) is 5.14. The third kappa shape index (κ3) is 5.07. The molecule has 0 saturated heterocycles. The van der Waals surface area contributed by atoms with Gasteiger partial charge >= 0.3 is 7.83 Å². The number of carbonyl (C=O) groups is 2. The minimum atomic E-state index is -1.00. The first kappa shape index (κ1) is 19.0. The van der Waals surface area contributed by atoms with Gasteiger partial charge in [-0.15, -0.1) is 0 Å². The van der Waals surface area contributed by atoms with Crippen LogP contribution in [0.3, 0.4) is 0 Å². The van der Waals surface area contributed by atoms with E-state index in [1.54, 1.807) is 30.3 Å². The van der Waals surface area contributed by atoms with Crippen molar-refractivity contribution in [2.24, 2.45) is 0 Å². The van der Waals surface area contributed by atoms with Crippen LogP contribution in [0, 0.1) is 0 Å². The highest BCUT2D eigenvalue weighted by Gasteiger charge is 2.15. The predicted molar refractivity (Wildman–Crippen MR) is 99.3 cm³/mol. The highest BCUT2D eigenvalue weighted by atomic mass is 79.9. The number of carbonyl (C=O) groups excluding carboxylic acids is 2. The molecule has 0 spiro atoms. The van der Waals surface area contributed by atoms with E-state index >= 15 is 0 Å². The first-order chi connectivity index (χ1) is 12.1. The van der Waals surface area contributed by atoms with E-state index in [2.05, 4.69) is 15.9 Å². The van der Waals surface area contributed by atoms with Gasteiger partial charge in [-0.3, -0.25) is 18.2 Å². The second kappa shape index (κ2) is 9.23. The molecular weight excluding hydrogens is 389 g/mol. The molecule has 2 nitrogen and oxygen atoms in total. The molecule has 0 atom stereocenters. The molecule has 125 valence electrons. The van der Waals surface area contributed by atoms with Gasteiger partial charge in [-0.25, -0.2) is 0 Å². The van der Waals surface area contributed by atoms with Crippen LogP contribution in [-0.2, 0) is 0 Å². The summed E-state index contributed by atoms with van der Waals surface area (Å²) >= 11 is 3.43. The standard InChI is InChI=1S/C19H13BrO2.BF2/c20-15-9-10-16-14(11-15)7-4-8-17(16)19(22)12-18(21)13-5-2-1-3-6-13;2-1-3/h1-11H,12H2;. The fraction of sp³-hybridized carbons (Fsp3) is 0.0526. The molecule has 3 aromatic rings. The van der Waals surface area contributed by atoms with Gasteiger partial charge in [0.2, 0.25) is 0 Å². The first-order valence-corrected chi connectivity index (χ1v) is 8.18. The highest BCUT2D eigenvalue weighted by molar-refractivity contribution is 9.10. The van der Waals surface area contributed by atoms with Crippen molar-refractivity contribution in [1.82, 2.24) is 0 Å². The molecular formula is C19H13BBrF2O2. The minimum Gasteiger partial charge on any atom is -0.294 e. The lowest BCUT2D eigenvalue weighted by Crippen LogP contribution is -2.09. The predicted octanol–water partition coefficient (Wildman–Crippen LogP) is 5.52. The van der Waals surface area contributed by atoms with E-state index in [0.29, 0.717) is 11.1 Å². The SMILES string of the molecule is F[B]F.O=C(CC(=O)c1cccc2cc(Br)ccc12)c1ccccc1. The molecule has 0 unspecified atom stereocenters. The Morgan fingerprint density at radius 3 is 2.24 bits per heavy atom. The first-order valence-electron chi connectivity index (χ1n) is 7.38. The van der Waals surface area contributed by atoms with Crippen molar-refractivity contribution >= 4 is 46.1 Å². The van der Waals surface area contributed by atoms with Crippen molar-refractivity contribution in [3.63, 3.8) is 0 Å². The third-order valence-electron chi connectivity index (χ3n) is 3.56. The lowest BCUT2D eigenvalue weighted by atomic mass is 9.97. The highest BCUT2D eigenvalue weighted by Crippen LogP contribution is 2.24. The topological polar surface area (TPSA) is 34.1 Å². The zero-order valence-electron chi connectivity index (χ0n) is 13.1. The van der Waals surface area contributed by atoms with Crippen LogP contribution in [0.4, 0.5) is 8.63 Å². The molecule has 6 heteroatoms. The molecule has 0 amide bonds. The maximum atomic E-state index is 12.5. The molecule has 0 aliphatic carbocycles. The van der Waals surface area contributed by atoms with Crippen molar-refractivity contribution in [3.05, 3.63) is 82.3 Å². The Kier molecular flexibility index (Phi) is 7.01. The zero-order valence-corrected chi connectivity index (χ0v) is 14.7. The van der Waals surface area contributed by atoms with Gasteiger partial charge in [0, 0.05) is 15.6 Å². The fourth-order valence-electron chi connectivity index (χ4n) is 2.46. The van der Waals surface area contributed by atoms with Gasteiger partial charge < -0.3 is 0 Å². The molecule has 3 rings (SSSR count). The maximum absolute atomic E-state index is 12.5. The monoisotopic (exact) mass is 401 g/mol. The minimum absolute atomic E-state index is 0.112. The van der Waals surface area contributed by atoms with Crippen LogP contribution in [0.2, 0.25) is 0 Å². The van der Waals surface area contributed by atoms with Crippen molar-refractivity contribution in [1.29, 1.82) is 0 Å². The largest absolute Gasteiger partial charge is 0.577 e. The van der Waals surface area contributed by atoms with Crippen LogP contribution < -0.4 is 0 Å². The summed E-state index contributed by atoms with van der Waals surface area (Å²) < 4.78 is 20.0. The van der Waals surface area contributed by atoms with Gasteiger partial charge in [-0.1, -0.05) is 70.5 Å². The summed E-state index contributed by atoms with van der Waals surface area (Å²) in [5.41, 5.74) is 1.16. The van der Waals surface area contributed by atoms with Crippen LogP contribution in [0.25, 0.3) is 10.8 Å². The van der Waals surface area contributed by atoms with Crippen LogP contribution >= 0.6 is 15.9 Å². The Hall–Kier alpha value is -2.34. The van der Waals surface area contributed by atoms with Gasteiger partial charge in [0.25, 0.3) is 0 Å². The number of halogens is 3. The summed E-state index contributed by atoms with van der Waals surface area (Å²) in [5, 5.41) is 1.85. The lowest BCUT2D eigenvalue weighted by molar-refractivity contribution is 0.0895. The Balaban J connectivity index is 0.000000701. The van der Waals surface area contributed by atoms with Gasteiger partial charge in [0.05, 0.1) is 6.42 Å².